The minimum absolute atomic E-state index is 0.330. The van der Waals surface area contributed by atoms with E-state index in [0.717, 1.165) is 13.0 Å². The number of rotatable bonds is 1. The van der Waals surface area contributed by atoms with Crippen molar-refractivity contribution in [1.29, 1.82) is 0 Å². The summed E-state index contributed by atoms with van der Waals surface area (Å²) in [6.07, 6.45) is 7.55. The van der Waals surface area contributed by atoms with E-state index in [1.165, 1.54) is 49.3 Å². The first-order valence-electron chi connectivity index (χ1n) is 6.82. The maximum Gasteiger partial charge on any atom is 0.148 e. The van der Waals surface area contributed by atoms with E-state index in [4.69, 9.17) is 0 Å². The van der Waals surface area contributed by atoms with Crippen LogP contribution < -0.4 is 10.6 Å². The van der Waals surface area contributed by atoms with Crippen molar-refractivity contribution in [2.45, 2.75) is 51.0 Å². The van der Waals surface area contributed by atoms with Gasteiger partial charge in [-0.25, -0.2) is 0 Å². The van der Waals surface area contributed by atoms with E-state index in [1.807, 2.05) is 11.7 Å². The van der Waals surface area contributed by atoms with Crippen molar-refractivity contribution >= 4 is 11.5 Å². The van der Waals surface area contributed by atoms with Gasteiger partial charge in [0.15, 0.2) is 0 Å². The zero-order valence-electron chi connectivity index (χ0n) is 10.8. The number of hydrogen-bond donors (Lipinski definition) is 2. The van der Waals surface area contributed by atoms with E-state index in [1.54, 1.807) is 0 Å². The molecule has 4 nitrogen and oxygen atoms in total. The summed E-state index contributed by atoms with van der Waals surface area (Å²) in [5.41, 5.74) is 2.75. The molecule has 2 N–H and O–H groups in total. The predicted molar refractivity (Wildman–Crippen MR) is 70.5 cm³/mol. The molecule has 94 valence electrons. The Bertz CT molecular complexity index is 415. The number of aryl methyl sites for hydroxylation is 2. The summed E-state index contributed by atoms with van der Waals surface area (Å²) in [5, 5.41) is 12.0. The second-order valence-electron chi connectivity index (χ2n) is 5.44. The molecule has 4 heteroatoms. The summed E-state index contributed by atoms with van der Waals surface area (Å²) < 4.78 is 2.01. The van der Waals surface area contributed by atoms with Gasteiger partial charge in [0.25, 0.3) is 0 Å². The molecule has 2 heterocycles. The molecular weight excluding hydrogens is 212 g/mol. The maximum atomic E-state index is 4.60. The Balaban J connectivity index is 1.98. The molecule has 0 saturated heterocycles. The number of hydrogen-bond acceptors (Lipinski definition) is 3. The van der Waals surface area contributed by atoms with Gasteiger partial charge in [-0.05, 0) is 25.7 Å². The van der Waals surface area contributed by atoms with Crippen LogP contribution in [0.5, 0.6) is 0 Å². The first-order chi connectivity index (χ1) is 8.24. The van der Waals surface area contributed by atoms with Crippen molar-refractivity contribution in [3.05, 3.63) is 5.69 Å². The highest BCUT2D eigenvalue weighted by Crippen LogP contribution is 2.40. The summed E-state index contributed by atoms with van der Waals surface area (Å²) in [4.78, 5) is 0. The standard InChI is InChI=1S/C13H22N4/c1-3-10-11-12(17(2)16-10)15-13(8-9-14-11)6-4-5-7-13/h14-15H,3-9H2,1-2H3. The molecule has 2 aliphatic rings. The molecule has 1 spiro atoms. The molecule has 0 atom stereocenters. The molecule has 0 aromatic carbocycles. The Hall–Kier alpha value is -1.19. The summed E-state index contributed by atoms with van der Waals surface area (Å²) in [6.45, 7) is 3.24. The van der Waals surface area contributed by atoms with Gasteiger partial charge in [0.1, 0.15) is 11.5 Å². The van der Waals surface area contributed by atoms with Gasteiger partial charge in [-0.1, -0.05) is 19.8 Å². The lowest BCUT2D eigenvalue weighted by molar-refractivity contribution is 0.456. The Kier molecular flexibility index (Phi) is 2.53. The van der Waals surface area contributed by atoms with Crippen molar-refractivity contribution in [3.8, 4) is 0 Å². The van der Waals surface area contributed by atoms with Crippen LogP contribution in [-0.4, -0.2) is 21.9 Å². The topological polar surface area (TPSA) is 41.9 Å². The molecule has 0 bridgehead atoms. The van der Waals surface area contributed by atoms with E-state index in [0.29, 0.717) is 5.54 Å². The molecule has 1 aromatic heterocycles. The normalized spacial score (nSPS) is 21.8. The Morgan fingerprint density at radius 1 is 1.29 bits per heavy atom. The van der Waals surface area contributed by atoms with E-state index >= 15 is 0 Å². The maximum absolute atomic E-state index is 4.60. The molecule has 1 aromatic rings. The third-order valence-electron chi connectivity index (χ3n) is 4.30. The van der Waals surface area contributed by atoms with Crippen molar-refractivity contribution < 1.29 is 0 Å². The van der Waals surface area contributed by atoms with Gasteiger partial charge in [-0.15, -0.1) is 0 Å². The molecule has 17 heavy (non-hydrogen) atoms. The molecule has 0 radical (unpaired) electrons. The van der Waals surface area contributed by atoms with Crippen LogP contribution in [0.25, 0.3) is 0 Å². The van der Waals surface area contributed by atoms with Crippen LogP contribution in [0.15, 0.2) is 0 Å². The lowest BCUT2D eigenvalue weighted by Crippen LogP contribution is -2.36. The highest BCUT2D eigenvalue weighted by molar-refractivity contribution is 5.70. The first kappa shape index (κ1) is 10.9. The van der Waals surface area contributed by atoms with Gasteiger partial charge >= 0.3 is 0 Å². The summed E-state index contributed by atoms with van der Waals surface area (Å²) in [6, 6.07) is 0. The number of nitrogens with zero attached hydrogens (tertiary/aromatic N) is 2. The van der Waals surface area contributed by atoms with Crippen LogP contribution in [-0.2, 0) is 13.5 Å². The highest BCUT2D eigenvalue weighted by Gasteiger charge is 2.36. The minimum atomic E-state index is 0.330. The lowest BCUT2D eigenvalue weighted by Gasteiger charge is -2.29. The highest BCUT2D eigenvalue weighted by atomic mass is 15.3. The fraction of sp³-hybridized carbons (Fsp3) is 0.769. The van der Waals surface area contributed by atoms with Gasteiger partial charge in [0.2, 0.25) is 0 Å². The summed E-state index contributed by atoms with van der Waals surface area (Å²) in [5.74, 6) is 1.20. The Morgan fingerprint density at radius 3 is 2.76 bits per heavy atom. The van der Waals surface area contributed by atoms with Crippen molar-refractivity contribution in [1.82, 2.24) is 9.78 Å². The van der Waals surface area contributed by atoms with Gasteiger partial charge < -0.3 is 10.6 Å². The van der Waals surface area contributed by atoms with Gasteiger partial charge in [-0.2, -0.15) is 5.10 Å². The van der Waals surface area contributed by atoms with Crippen LogP contribution in [0.1, 0.15) is 44.7 Å². The smallest absolute Gasteiger partial charge is 0.148 e. The number of aromatic nitrogens is 2. The van der Waals surface area contributed by atoms with Crippen molar-refractivity contribution in [2.75, 3.05) is 17.2 Å². The number of fused-ring (bicyclic) bond motifs is 1. The fourth-order valence-corrected chi connectivity index (χ4v) is 3.32. The third kappa shape index (κ3) is 1.70. The molecule has 1 aliphatic heterocycles. The van der Waals surface area contributed by atoms with E-state index < -0.39 is 0 Å². The zero-order chi connectivity index (χ0) is 11.9. The van der Waals surface area contributed by atoms with E-state index in [9.17, 15) is 0 Å². The minimum Gasteiger partial charge on any atom is -0.380 e. The molecule has 1 saturated carbocycles. The number of nitrogens with one attached hydrogen (secondary N) is 2. The van der Waals surface area contributed by atoms with E-state index in [2.05, 4.69) is 22.7 Å². The molecule has 1 fully saturated rings. The second-order valence-corrected chi connectivity index (χ2v) is 5.44. The Morgan fingerprint density at radius 2 is 2.06 bits per heavy atom. The lowest BCUT2D eigenvalue weighted by atomic mass is 9.93. The van der Waals surface area contributed by atoms with Crippen molar-refractivity contribution in [2.24, 2.45) is 7.05 Å². The van der Waals surface area contributed by atoms with Crippen molar-refractivity contribution in [3.63, 3.8) is 0 Å². The molecule has 1 aliphatic carbocycles. The SMILES string of the molecule is CCc1nn(C)c2c1NCCC1(CCCC1)N2. The molecule has 0 amide bonds. The van der Waals surface area contributed by atoms with Crippen LogP contribution in [0, 0.1) is 0 Å². The monoisotopic (exact) mass is 234 g/mol. The largest absolute Gasteiger partial charge is 0.380 e. The Labute approximate surface area is 103 Å². The van der Waals surface area contributed by atoms with Crippen LogP contribution >= 0.6 is 0 Å². The summed E-state index contributed by atoms with van der Waals surface area (Å²) >= 11 is 0. The molecular formula is C13H22N4. The molecule has 3 rings (SSSR count). The number of anilines is 2. The average Bonchev–Trinajstić information content (AvgIpc) is 2.82. The average molecular weight is 234 g/mol. The quantitative estimate of drug-likeness (QED) is 0.784. The second kappa shape index (κ2) is 3.93. The van der Waals surface area contributed by atoms with Gasteiger partial charge in [0, 0.05) is 19.1 Å². The predicted octanol–water partition coefficient (Wildman–Crippen LogP) is 2.52. The zero-order valence-corrected chi connectivity index (χ0v) is 10.8. The van der Waals surface area contributed by atoms with Crippen LogP contribution in [0.3, 0.4) is 0 Å². The van der Waals surface area contributed by atoms with Gasteiger partial charge in [0.05, 0.1) is 5.69 Å². The third-order valence-corrected chi connectivity index (χ3v) is 4.30. The van der Waals surface area contributed by atoms with Gasteiger partial charge in [-0.3, -0.25) is 4.68 Å². The first-order valence-corrected chi connectivity index (χ1v) is 6.82. The van der Waals surface area contributed by atoms with Crippen LogP contribution in [0.2, 0.25) is 0 Å². The summed E-state index contributed by atoms with van der Waals surface area (Å²) in [7, 11) is 2.04. The fourth-order valence-electron chi connectivity index (χ4n) is 3.32. The van der Waals surface area contributed by atoms with Crippen LogP contribution in [0.4, 0.5) is 11.5 Å². The van der Waals surface area contributed by atoms with E-state index in [-0.39, 0.29) is 0 Å². The molecule has 0 unspecified atom stereocenters.